The molecule has 2 aliphatic heterocycles. The van der Waals surface area contributed by atoms with Crippen molar-refractivity contribution in [3.05, 3.63) is 0 Å². The van der Waals surface area contributed by atoms with Crippen molar-refractivity contribution in [3.63, 3.8) is 0 Å². The number of carbonyl (C=O) groups is 1. The number of piperidine rings is 2. The fourth-order valence-electron chi connectivity index (χ4n) is 3.04. The first-order valence-electron chi connectivity index (χ1n) is 6.64. The Balaban J connectivity index is 2.07. The smallest absolute Gasteiger partial charge is 0.410 e. The lowest BCUT2D eigenvalue weighted by atomic mass is 9.82. The van der Waals surface area contributed by atoms with Gasteiger partial charge in [-0.3, -0.25) is 0 Å². The summed E-state index contributed by atoms with van der Waals surface area (Å²) in [4.78, 5) is 14.2. The summed E-state index contributed by atoms with van der Waals surface area (Å²) in [5.41, 5.74) is 5.62. The van der Waals surface area contributed by atoms with E-state index in [1.807, 2.05) is 25.7 Å². The van der Waals surface area contributed by atoms with Crippen LogP contribution >= 0.6 is 0 Å². The molecule has 3 atom stereocenters. The monoisotopic (exact) mass is 240 g/mol. The Labute approximate surface area is 103 Å². The highest BCUT2D eigenvalue weighted by atomic mass is 16.6. The van der Waals surface area contributed by atoms with Gasteiger partial charge in [-0.1, -0.05) is 0 Å². The van der Waals surface area contributed by atoms with Crippen molar-refractivity contribution in [2.45, 2.75) is 76.6 Å². The van der Waals surface area contributed by atoms with E-state index in [-0.39, 0.29) is 12.1 Å². The van der Waals surface area contributed by atoms with E-state index in [1.54, 1.807) is 0 Å². The Morgan fingerprint density at radius 3 is 2.24 bits per heavy atom. The maximum atomic E-state index is 12.2. The maximum absolute atomic E-state index is 12.2. The highest BCUT2D eigenvalue weighted by Gasteiger charge is 2.41. The molecule has 2 aliphatic rings. The van der Waals surface area contributed by atoms with Crippen LogP contribution < -0.4 is 5.73 Å². The number of fused-ring (bicyclic) bond motifs is 2. The lowest BCUT2D eigenvalue weighted by molar-refractivity contribution is -0.0210. The topological polar surface area (TPSA) is 55.6 Å². The molecular formula is C13H24N2O2. The van der Waals surface area contributed by atoms with Crippen molar-refractivity contribution in [1.82, 2.24) is 4.90 Å². The predicted octanol–water partition coefficient (Wildman–Crippen LogP) is 2.27. The summed E-state index contributed by atoms with van der Waals surface area (Å²) < 4.78 is 5.49. The summed E-state index contributed by atoms with van der Waals surface area (Å²) in [6.07, 6.45) is 5.05. The van der Waals surface area contributed by atoms with Crippen LogP contribution in [0.2, 0.25) is 0 Å². The van der Waals surface area contributed by atoms with Crippen LogP contribution in [0.5, 0.6) is 0 Å². The van der Waals surface area contributed by atoms with Crippen LogP contribution in [0, 0.1) is 0 Å². The molecule has 4 nitrogen and oxygen atoms in total. The van der Waals surface area contributed by atoms with E-state index < -0.39 is 5.60 Å². The van der Waals surface area contributed by atoms with Gasteiger partial charge in [0.05, 0.1) is 0 Å². The van der Waals surface area contributed by atoms with E-state index in [0.717, 1.165) is 25.7 Å². The standard InChI is InChI=1S/C13H24N2O2/c1-13(2,3)17-12(16)15-10-5-4-6-11(15)8-9(14)7-10/h9-11H,4-8,14H2,1-3H3/t9-,10-,11?/m0/s1. The van der Waals surface area contributed by atoms with Crippen LogP contribution in [0.25, 0.3) is 0 Å². The highest BCUT2D eigenvalue weighted by molar-refractivity contribution is 5.69. The van der Waals surface area contributed by atoms with Gasteiger partial charge in [-0.15, -0.1) is 0 Å². The van der Waals surface area contributed by atoms with Gasteiger partial charge in [0.15, 0.2) is 0 Å². The highest BCUT2D eigenvalue weighted by Crippen LogP contribution is 2.34. The molecule has 0 aromatic rings. The maximum Gasteiger partial charge on any atom is 0.410 e. The van der Waals surface area contributed by atoms with Gasteiger partial charge in [0.25, 0.3) is 0 Å². The average Bonchev–Trinajstić information content (AvgIpc) is 2.12. The van der Waals surface area contributed by atoms with Gasteiger partial charge in [0.2, 0.25) is 0 Å². The largest absolute Gasteiger partial charge is 0.444 e. The molecule has 1 unspecified atom stereocenters. The summed E-state index contributed by atoms with van der Waals surface area (Å²) in [6.45, 7) is 5.74. The van der Waals surface area contributed by atoms with Crippen molar-refractivity contribution in [2.24, 2.45) is 5.73 Å². The molecule has 2 N–H and O–H groups in total. The van der Waals surface area contributed by atoms with Crippen LogP contribution in [-0.2, 0) is 4.74 Å². The van der Waals surface area contributed by atoms with E-state index in [4.69, 9.17) is 10.5 Å². The Morgan fingerprint density at radius 1 is 1.24 bits per heavy atom. The first kappa shape index (κ1) is 12.7. The number of nitrogens with zero attached hydrogens (tertiary/aromatic N) is 1. The molecule has 2 saturated heterocycles. The zero-order valence-corrected chi connectivity index (χ0v) is 11.1. The molecule has 0 saturated carbocycles. The molecule has 0 spiro atoms. The number of carbonyl (C=O) groups excluding carboxylic acids is 1. The van der Waals surface area contributed by atoms with Crippen molar-refractivity contribution < 1.29 is 9.53 Å². The van der Waals surface area contributed by atoms with Gasteiger partial charge in [-0.25, -0.2) is 4.79 Å². The lowest BCUT2D eigenvalue weighted by Crippen LogP contribution is -2.58. The molecule has 0 aromatic carbocycles. The minimum atomic E-state index is -0.412. The number of amides is 1. The zero-order chi connectivity index (χ0) is 12.6. The van der Waals surface area contributed by atoms with Gasteiger partial charge in [0, 0.05) is 18.1 Å². The van der Waals surface area contributed by atoms with Crippen molar-refractivity contribution in [3.8, 4) is 0 Å². The molecule has 0 aliphatic carbocycles. The van der Waals surface area contributed by atoms with Crippen molar-refractivity contribution >= 4 is 6.09 Å². The Morgan fingerprint density at radius 2 is 1.76 bits per heavy atom. The third-order valence-electron chi connectivity index (χ3n) is 3.62. The molecule has 1 amide bonds. The van der Waals surface area contributed by atoms with Crippen molar-refractivity contribution in [1.29, 1.82) is 0 Å². The quantitative estimate of drug-likeness (QED) is 0.706. The number of ether oxygens (including phenoxy) is 1. The van der Waals surface area contributed by atoms with E-state index in [9.17, 15) is 4.79 Å². The minimum absolute atomic E-state index is 0.154. The van der Waals surface area contributed by atoms with Gasteiger partial charge in [0.1, 0.15) is 5.60 Å². The van der Waals surface area contributed by atoms with Gasteiger partial charge in [-0.05, 0) is 52.9 Å². The SMILES string of the molecule is CC(C)(C)OC(=O)N1C2CCC[C@H]1C[C@H](N)C2. The van der Waals surface area contributed by atoms with Crippen LogP contribution in [-0.4, -0.2) is 34.7 Å². The van der Waals surface area contributed by atoms with Gasteiger partial charge < -0.3 is 15.4 Å². The van der Waals surface area contributed by atoms with Crippen LogP contribution in [0.1, 0.15) is 52.9 Å². The summed E-state index contributed by atoms with van der Waals surface area (Å²) in [5, 5.41) is 0. The number of nitrogens with two attached hydrogens (primary N) is 1. The molecule has 4 heteroatoms. The molecule has 17 heavy (non-hydrogen) atoms. The molecule has 2 fully saturated rings. The van der Waals surface area contributed by atoms with E-state index >= 15 is 0 Å². The zero-order valence-electron chi connectivity index (χ0n) is 11.1. The second kappa shape index (κ2) is 4.48. The van der Waals surface area contributed by atoms with E-state index in [2.05, 4.69) is 0 Å². The average molecular weight is 240 g/mol. The summed E-state index contributed by atoms with van der Waals surface area (Å²) in [7, 11) is 0. The first-order chi connectivity index (χ1) is 7.87. The van der Waals surface area contributed by atoms with Crippen molar-refractivity contribution in [2.75, 3.05) is 0 Å². The summed E-state index contributed by atoms with van der Waals surface area (Å²) >= 11 is 0. The van der Waals surface area contributed by atoms with Crippen LogP contribution in [0.3, 0.4) is 0 Å². The third kappa shape index (κ3) is 2.92. The summed E-state index contributed by atoms with van der Waals surface area (Å²) in [6, 6.07) is 0.851. The lowest BCUT2D eigenvalue weighted by Gasteiger charge is -2.47. The molecule has 0 radical (unpaired) electrons. The molecule has 2 rings (SSSR count). The molecule has 98 valence electrons. The normalized spacial score (nSPS) is 33.4. The van der Waals surface area contributed by atoms with E-state index in [0.29, 0.717) is 12.1 Å². The second-order valence-corrected chi connectivity index (χ2v) is 6.36. The molecular weight excluding hydrogens is 216 g/mol. The Kier molecular flexibility index (Phi) is 3.34. The van der Waals surface area contributed by atoms with Gasteiger partial charge in [-0.2, -0.15) is 0 Å². The fourth-order valence-corrected chi connectivity index (χ4v) is 3.04. The second-order valence-electron chi connectivity index (χ2n) is 6.36. The first-order valence-corrected chi connectivity index (χ1v) is 6.64. The number of rotatable bonds is 0. The molecule has 2 heterocycles. The predicted molar refractivity (Wildman–Crippen MR) is 66.7 cm³/mol. The fraction of sp³-hybridized carbons (Fsp3) is 0.923. The number of hydrogen-bond acceptors (Lipinski definition) is 3. The number of hydrogen-bond donors (Lipinski definition) is 1. The Hall–Kier alpha value is -0.770. The molecule has 2 bridgehead atoms. The van der Waals surface area contributed by atoms with E-state index in [1.165, 1.54) is 6.42 Å². The van der Waals surface area contributed by atoms with Gasteiger partial charge >= 0.3 is 6.09 Å². The third-order valence-corrected chi connectivity index (χ3v) is 3.62. The minimum Gasteiger partial charge on any atom is -0.444 e. The molecule has 0 aromatic heterocycles. The summed E-state index contributed by atoms with van der Waals surface area (Å²) in [5.74, 6) is 0. The van der Waals surface area contributed by atoms with Crippen LogP contribution in [0.4, 0.5) is 4.79 Å². The Bertz CT molecular complexity index is 284. The van der Waals surface area contributed by atoms with Crippen LogP contribution in [0.15, 0.2) is 0 Å².